The van der Waals surface area contributed by atoms with E-state index in [2.05, 4.69) is 20.7 Å². The van der Waals surface area contributed by atoms with Crippen LogP contribution >= 0.6 is 0 Å². The SMILES string of the molecule is O=C(Nc1ccc(OC(F)(F)F)cc1)N[C@H]1CCNC1. The number of hydrogen-bond acceptors (Lipinski definition) is 3. The summed E-state index contributed by atoms with van der Waals surface area (Å²) in [5.74, 6) is -0.330. The lowest BCUT2D eigenvalue weighted by Gasteiger charge is -2.13. The van der Waals surface area contributed by atoms with Crippen LogP contribution in [0.3, 0.4) is 0 Å². The van der Waals surface area contributed by atoms with E-state index in [0.717, 1.165) is 25.1 Å². The molecule has 0 aliphatic carbocycles. The van der Waals surface area contributed by atoms with Crippen molar-refractivity contribution in [2.75, 3.05) is 18.4 Å². The number of nitrogens with one attached hydrogen (secondary N) is 3. The maximum Gasteiger partial charge on any atom is 0.573 e. The molecule has 20 heavy (non-hydrogen) atoms. The van der Waals surface area contributed by atoms with E-state index in [1.807, 2.05) is 0 Å². The van der Waals surface area contributed by atoms with Crippen LogP contribution in [0, 0.1) is 0 Å². The number of carbonyl (C=O) groups is 1. The van der Waals surface area contributed by atoms with E-state index >= 15 is 0 Å². The van der Waals surface area contributed by atoms with Gasteiger partial charge < -0.3 is 20.7 Å². The summed E-state index contributed by atoms with van der Waals surface area (Å²) < 4.78 is 39.6. The predicted octanol–water partition coefficient (Wildman–Crippen LogP) is 2.07. The quantitative estimate of drug-likeness (QED) is 0.798. The molecule has 3 N–H and O–H groups in total. The van der Waals surface area contributed by atoms with E-state index in [0.29, 0.717) is 12.2 Å². The molecule has 0 bridgehead atoms. The topological polar surface area (TPSA) is 62.4 Å². The van der Waals surface area contributed by atoms with Crippen molar-refractivity contribution >= 4 is 11.7 Å². The molecule has 2 rings (SSSR count). The average molecular weight is 289 g/mol. The molecule has 1 saturated heterocycles. The number of anilines is 1. The summed E-state index contributed by atoms with van der Waals surface area (Å²) in [5.41, 5.74) is 0.392. The Balaban J connectivity index is 1.85. The number of benzene rings is 1. The van der Waals surface area contributed by atoms with Gasteiger partial charge in [0.05, 0.1) is 0 Å². The van der Waals surface area contributed by atoms with Gasteiger partial charge in [0.1, 0.15) is 5.75 Å². The van der Waals surface area contributed by atoms with Crippen LogP contribution in [-0.4, -0.2) is 31.5 Å². The Hall–Kier alpha value is -1.96. The van der Waals surface area contributed by atoms with Crippen molar-refractivity contribution in [1.29, 1.82) is 0 Å². The third-order valence-electron chi connectivity index (χ3n) is 2.74. The fourth-order valence-electron chi connectivity index (χ4n) is 1.87. The molecule has 0 radical (unpaired) electrons. The summed E-state index contributed by atoms with van der Waals surface area (Å²) in [6.07, 6.45) is -3.87. The summed E-state index contributed by atoms with van der Waals surface area (Å²) in [7, 11) is 0. The fraction of sp³-hybridized carbons (Fsp3) is 0.417. The van der Waals surface area contributed by atoms with Gasteiger partial charge in [0.25, 0.3) is 0 Å². The maximum absolute atomic E-state index is 12.0. The first-order valence-corrected chi connectivity index (χ1v) is 6.06. The minimum Gasteiger partial charge on any atom is -0.406 e. The molecule has 5 nitrogen and oxygen atoms in total. The van der Waals surface area contributed by atoms with E-state index in [1.54, 1.807) is 0 Å². The Morgan fingerprint density at radius 1 is 1.30 bits per heavy atom. The molecule has 1 aromatic rings. The molecule has 1 fully saturated rings. The number of ether oxygens (including phenoxy) is 1. The molecule has 0 aromatic heterocycles. The maximum atomic E-state index is 12.0. The van der Waals surface area contributed by atoms with Crippen LogP contribution in [0.1, 0.15) is 6.42 Å². The lowest BCUT2D eigenvalue weighted by Crippen LogP contribution is -2.39. The van der Waals surface area contributed by atoms with Gasteiger partial charge in [-0.3, -0.25) is 0 Å². The number of hydrogen-bond donors (Lipinski definition) is 3. The summed E-state index contributed by atoms with van der Waals surface area (Å²) in [4.78, 5) is 11.6. The summed E-state index contributed by atoms with van der Waals surface area (Å²) in [6.45, 7) is 1.57. The van der Waals surface area contributed by atoms with Crippen molar-refractivity contribution in [1.82, 2.24) is 10.6 Å². The molecular weight excluding hydrogens is 275 g/mol. The Labute approximate surface area is 113 Å². The first-order chi connectivity index (χ1) is 9.42. The number of carbonyl (C=O) groups excluding carboxylic acids is 1. The highest BCUT2D eigenvalue weighted by Gasteiger charge is 2.30. The van der Waals surface area contributed by atoms with Gasteiger partial charge in [0.2, 0.25) is 0 Å². The highest BCUT2D eigenvalue weighted by molar-refractivity contribution is 5.89. The van der Waals surface area contributed by atoms with Gasteiger partial charge in [0.15, 0.2) is 0 Å². The Morgan fingerprint density at radius 3 is 2.55 bits per heavy atom. The molecule has 0 saturated carbocycles. The van der Waals surface area contributed by atoms with E-state index in [4.69, 9.17) is 0 Å². The average Bonchev–Trinajstić information content (AvgIpc) is 2.82. The zero-order valence-electron chi connectivity index (χ0n) is 10.5. The van der Waals surface area contributed by atoms with Crippen LogP contribution < -0.4 is 20.7 Å². The predicted molar refractivity (Wildman–Crippen MR) is 66.6 cm³/mol. The molecule has 1 heterocycles. The van der Waals surface area contributed by atoms with Crippen LogP contribution in [-0.2, 0) is 0 Å². The monoisotopic (exact) mass is 289 g/mol. The first kappa shape index (κ1) is 14.4. The fourth-order valence-corrected chi connectivity index (χ4v) is 1.87. The van der Waals surface area contributed by atoms with Crippen molar-refractivity contribution in [3.8, 4) is 5.75 Å². The molecule has 2 amide bonds. The molecular formula is C12H14F3N3O2. The van der Waals surface area contributed by atoms with E-state index in [9.17, 15) is 18.0 Å². The van der Waals surface area contributed by atoms with E-state index < -0.39 is 6.36 Å². The Kier molecular flexibility index (Phi) is 4.33. The van der Waals surface area contributed by atoms with Crippen LogP contribution in [0.25, 0.3) is 0 Å². The van der Waals surface area contributed by atoms with E-state index in [-0.39, 0.29) is 17.8 Å². The van der Waals surface area contributed by atoms with Gasteiger partial charge in [0, 0.05) is 18.3 Å². The van der Waals surface area contributed by atoms with Crippen LogP contribution in [0.15, 0.2) is 24.3 Å². The highest BCUT2D eigenvalue weighted by Crippen LogP contribution is 2.23. The number of rotatable bonds is 3. The zero-order valence-corrected chi connectivity index (χ0v) is 10.5. The van der Waals surface area contributed by atoms with Crippen molar-refractivity contribution in [2.24, 2.45) is 0 Å². The lowest BCUT2D eigenvalue weighted by atomic mass is 10.2. The van der Waals surface area contributed by atoms with Crippen molar-refractivity contribution in [3.05, 3.63) is 24.3 Å². The number of halogens is 3. The molecule has 8 heteroatoms. The third-order valence-corrected chi connectivity index (χ3v) is 2.74. The second kappa shape index (κ2) is 6.00. The van der Waals surface area contributed by atoms with Gasteiger partial charge in [-0.2, -0.15) is 0 Å². The molecule has 1 aromatic carbocycles. The van der Waals surface area contributed by atoms with Crippen LogP contribution in [0.4, 0.5) is 23.7 Å². The Bertz CT molecular complexity index is 456. The van der Waals surface area contributed by atoms with E-state index in [1.165, 1.54) is 12.1 Å². The molecule has 1 aliphatic rings. The largest absolute Gasteiger partial charge is 0.573 e. The number of amides is 2. The second-order valence-electron chi connectivity index (χ2n) is 4.36. The summed E-state index contributed by atoms with van der Waals surface area (Å²) in [5, 5.41) is 8.41. The van der Waals surface area contributed by atoms with Gasteiger partial charge in [-0.1, -0.05) is 0 Å². The first-order valence-electron chi connectivity index (χ1n) is 6.06. The van der Waals surface area contributed by atoms with Crippen LogP contribution in [0.5, 0.6) is 5.75 Å². The van der Waals surface area contributed by atoms with Crippen molar-refractivity contribution in [3.63, 3.8) is 0 Å². The minimum absolute atomic E-state index is 0.0721. The van der Waals surface area contributed by atoms with Gasteiger partial charge in [-0.15, -0.1) is 13.2 Å². The number of alkyl halides is 3. The third kappa shape index (κ3) is 4.61. The summed E-state index contributed by atoms with van der Waals surface area (Å²) >= 11 is 0. The lowest BCUT2D eigenvalue weighted by molar-refractivity contribution is -0.274. The molecule has 0 spiro atoms. The summed E-state index contributed by atoms with van der Waals surface area (Å²) in [6, 6.07) is 4.65. The van der Waals surface area contributed by atoms with Gasteiger partial charge in [-0.25, -0.2) is 4.79 Å². The molecule has 110 valence electrons. The Morgan fingerprint density at radius 2 is 2.00 bits per heavy atom. The smallest absolute Gasteiger partial charge is 0.406 e. The van der Waals surface area contributed by atoms with Crippen molar-refractivity contribution in [2.45, 2.75) is 18.8 Å². The number of urea groups is 1. The molecule has 1 atom stereocenters. The van der Waals surface area contributed by atoms with Crippen molar-refractivity contribution < 1.29 is 22.7 Å². The van der Waals surface area contributed by atoms with Crippen LogP contribution in [0.2, 0.25) is 0 Å². The minimum atomic E-state index is -4.72. The normalized spacial score (nSPS) is 18.6. The highest BCUT2D eigenvalue weighted by atomic mass is 19.4. The molecule has 1 aliphatic heterocycles. The zero-order chi connectivity index (χ0) is 14.6. The molecule has 0 unspecified atom stereocenters. The van der Waals surface area contributed by atoms with Gasteiger partial charge >= 0.3 is 12.4 Å². The van der Waals surface area contributed by atoms with Gasteiger partial charge in [-0.05, 0) is 37.2 Å². The second-order valence-corrected chi connectivity index (χ2v) is 4.36. The standard InChI is InChI=1S/C12H14F3N3O2/c13-12(14,15)20-10-3-1-8(2-4-10)17-11(19)18-9-5-6-16-7-9/h1-4,9,16H,5-7H2,(H2,17,18,19)/t9-/m0/s1.